The molecule has 0 aliphatic carbocycles. The molecule has 1 aromatic rings. The predicted octanol–water partition coefficient (Wildman–Crippen LogP) is 2.58. The molecule has 0 heterocycles. The molecule has 1 rings (SSSR count). The van der Waals surface area contributed by atoms with E-state index in [-0.39, 0.29) is 6.61 Å². The first-order valence-electron chi connectivity index (χ1n) is 4.54. The van der Waals surface area contributed by atoms with Gasteiger partial charge in [0.1, 0.15) is 0 Å². The molecule has 1 atom stereocenters. The van der Waals surface area contributed by atoms with Crippen molar-refractivity contribution in [3.8, 4) is 0 Å². The Morgan fingerprint density at radius 2 is 1.93 bits per heavy atom. The van der Waals surface area contributed by atoms with E-state index in [0.29, 0.717) is 11.4 Å². The Morgan fingerprint density at radius 3 is 2.36 bits per heavy atom. The quantitative estimate of drug-likeness (QED) is 0.835. The lowest BCUT2D eigenvalue weighted by molar-refractivity contribution is -0.0173. The largest absolute Gasteiger partial charge is 0.396 e. The van der Waals surface area contributed by atoms with Gasteiger partial charge in [0.25, 0.3) is 0 Å². The third kappa shape index (κ3) is 2.47. The van der Waals surface area contributed by atoms with Crippen molar-refractivity contribution in [3.63, 3.8) is 0 Å². The van der Waals surface area contributed by atoms with Crippen LogP contribution in [0.1, 0.15) is 18.9 Å². The highest BCUT2D eigenvalue weighted by atomic mass is 35.5. The van der Waals surface area contributed by atoms with Gasteiger partial charge in [0, 0.05) is 25.2 Å². The monoisotopic (exact) mass is 214 g/mol. The molecule has 2 nitrogen and oxygen atoms in total. The average Bonchev–Trinajstić information content (AvgIpc) is 2.19. The van der Waals surface area contributed by atoms with Gasteiger partial charge in [0.05, 0.1) is 5.60 Å². The minimum atomic E-state index is -0.431. The van der Waals surface area contributed by atoms with Crippen LogP contribution in [0.3, 0.4) is 0 Å². The third-order valence-corrected chi connectivity index (χ3v) is 2.75. The smallest absolute Gasteiger partial charge is 0.0921 e. The van der Waals surface area contributed by atoms with Crippen molar-refractivity contribution >= 4 is 11.6 Å². The summed E-state index contributed by atoms with van der Waals surface area (Å²) in [4.78, 5) is 0. The van der Waals surface area contributed by atoms with Crippen molar-refractivity contribution in [2.24, 2.45) is 0 Å². The number of benzene rings is 1. The van der Waals surface area contributed by atoms with Gasteiger partial charge in [0.2, 0.25) is 0 Å². The summed E-state index contributed by atoms with van der Waals surface area (Å²) in [6, 6.07) is 7.49. The van der Waals surface area contributed by atoms with Gasteiger partial charge in [-0.05, 0) is 24.6 Å². The van der Waals surface area contributed by atoms with E-state index in [9.17, 15) is 0 Å². The summed E-state index contributed by atoms with van der Waals surface area (Å²) < 4.78 is 5.40. The predicted molar refractivity (Wildman–Crippen MR) is 57.5 cm³/mol. The molecule has 0 amide bonds. The summed E-state index contributed by atoms with van der Waals surface area (Å²) in [5.74, 6) is 0. The summed E-state index contributed by atoms with van der Waals surface area (Å²) in [7, 11) is 1.64. The Kier molecular flexibility index (Phi) is 3.93. The van der Waals surface area contributed by atoms with Gasteiger partial charge in [0.15, 0.2) is 0 Å². The number of aliphatic hydroxyl groups is 1. The highest BCUT2D eigenvalue weighted by Gasteiger charge is 2.25. The second-order valence-electron chi connectivity index (χ2n) is 3.42. The highest BCUT2D eigenvalue weighted by molar-refractivity contribution is 6.30. The lowest BCUT2D eigenvalue weighted by Gasteiger charge is -2.27. The molecule has 3 heteroatoms. The maximum absolute atomic E-state index is 8.94. The molecule has 0 fully saturated rings. The molecular formula is C11H15ClO2. The fraction of sp³-hybridized carbons (Fsp3) is 0.455. The van der Waals surface area contributed by atoms with E-state index < -0.39 is 5.60 Å². The molecule has 14 heavy (non-hydrogen) atoms. The molecule has 1 N–H and O–H groups in total. The molecule has 1 aromatic carbocycles. The Balaban J connectivity index is 2.94. The van der Waals surface area contributed by atoms with Gasteiger partial charge in [-0.25, -0.2) is 0 Å². The third-order valence-electron chi connectivity index (χ3n) is 2.49. The van der Waals surface area contributed by atoms with Crippen LogP contribution in [0.5, 0.6) is 0 Å². The zero-order valence-electron chi connectivity index (χ0n) is 8.46. The molecule has 0 spiro atoms. The van der Waals surface area contributed by atoms with E-state index >= 15 is 0 Å². The lowest BCUT2D eigenvalue weighted by Crippen LogP contribution is -2.25. The van der Waals surface area contributed by atoms with Crippen molar-refractivity contribution in [1.82, 2.24) is 0 Å². The topological polar surface area (TPSA) is 29.5 Å². The summed E-state index contributed by atoms with van der Waals surface area (Å²) in [6.45, 7) is 2.05. The summed E-state index contributed by atoms with van der Waals surface area (Å²) in [5, 5.41) is 9.65. The van der Waals surface area contributed by atoms with E-state index in [1.165, 1.54) is 0 Å². The van der Waals surface area contributed by atoms with Crippen LogP contribution in [-0.2, 0) is 10.3 Å². The SMILES string of the molecule is COC(C)(CCO)c1ccc(Cl)cc1. The van der Waals surface area contributed by atoms with Crippen molar-refractivity contribution < 1.29 is 9.84 Å². The standard InChI is InChI=1S/C11H15ClO2/c1-11(14-2,7-8-13)9-3-5-10(12)6-4-9/h3-6,13H,7-8H2,1-2H3. The summed E-state index contributed by atoms with van der Waals surface area (Å²) >= 11 is 5.79. The van der Waals surface area contributed by atoms with Crippen molar-refractivity contribution in [1.29, 1.82) is 0 Å². The van der Waals surface area contributed by atoms with Crippen LogP contribution in [0.2, 0.25) is 5.02 Å². The van der Waals surface area contributed by atoms with Gasteiger partial charge in [-0.1, -0.05) is 23.7 Å². The summed E-state index contributed by atoms with van der Waals surface area (Å²) in [6.07, 6.45) is 0.575. The fourth-order valence-corrected chi connectivity index (χ4v) is 1.51. The highest BCUT2D eigenvalue weighted by Crippen LogP contribution is 2.28. The normalized spacial score (nSPS) is 15.1. The zero-order valence-corrected chi connectivity index (χ0v) is 9.21. The summed E-state index contributed by atoms with van der Waals surface area (Å²) in [5.41, 5.74) is 0.595. The Labute approximate surface area is 89.5 Å². The number of ether oxygens (including phenoxy) is 1. The average molecular weight is 215 g/mol. The van der Waals surface area contributed by atoms with Crippen molar-refractivity contribution in [3.05, 3.63) is 34.9 Å². The molecule has 0 saturated carbocycles. The first kappa shape index (κ1) is 11.5. The van der Waals surface area contributed by atoms with E-state index in [1.807, 2.05) is 31.2 Å². The molecule has 0 bridgehead atoms. The molecule has 0 aliphatic heterocycles. The van der Waals surface area contributed by atoms with Crippen LogP contribution in [0.15, 0.2) is 24.3 Å². The minimum Gasteiger partial charge on any atom is -0.396 e. The van der Waals surface area contributed by atoms with Gasteiger partial charge in [-0.2, -0.15) is 0 Å². The van der Waals surface area contributed by atoms with Crippen LogP contribution >= 0.6 is 11.6 Å². The lowest BCUT2D eigenvalue weighted by atomic mass is 9.93. The number of hydrogen-bond donors (Lipinski definition) is 1. The van der Waals surface area contributed by atoms with Crippen LogP contribution < -0.4 is 0 Å². The molecule has 0 aliphatic rings. The Morgan fingerprint density at radius 1 is 1.36 bits per heavy atom. The van der Waals surface area contributed by atoms with E-state index in [0.717, 1.165) is 5.56 Å². The number of rotatable bonds is 4. The second-order valence-corrected chi connectivity index (χ2v) is 3.85. The van der Waals surface area contributed by atoms with Crippen molar-refractivity contribution in [2.45, 2.75) is 18.9 Å². The van der Waals surface area contributed by atoms with Gasteiger partial charge < -0.3 is 9.84 Å². The molecule has 1 unspecified atom stereocenters. The van der Waals surface area contributed by atoms with E-state index in [4.69, 9.17) is 21.4 Å². The fourth-order valence-electron chi connectivity index (χ4n) is 1.38. The van der Waals surface area contributed by atoms with Crippen LogP contribution in [0.4, 0.5) is 0 Å². The second kappa shape index (κ2) is 4.78. The van der Waals surface area contributed by atoms with Crippen LogP contribution in [0.25, 0.3) is 0 Å². The first-order chi connectivity index (χ1) is 6.62. The zero-order chi connectivity index (χ0) is 10.6. The number of hydrogen-bond acceptors (Lipinski definition) is 2. The Hall–Kier alpha value is -0.570. The molecule has 0 saturated heterocycles. The number of halogens is 1. The number of aliphatic hydroxyl groups excluding tert-OH is 1. The molecular weight excluding hydrogens is 200 g/mol. The maximum atomic E-state index is 8.94. The first-order valence-corrected chi connectivity index (χ1v) is 4.92. The van der Waals surface area contributed by atoms with Gasteiger partial charge >= 0.3 is 0 Å². The number of methoxy groups -OCH3 is 1. The van der Waals surface area contributed by atoms with Crippen LogP contribution in [-0.4, -0.2) is 18.8 Å². The minimum absolute atomic E-state index is 0.104. The van der Waals surface area contributed by atoms with Gasteiger partial charge in [-0.3, -0.25) is 0 Å². The van der Waals surface area contributed by atoms with E-state index in [1.54, 1.807) is 7.11 Å². The Bertz CT molecular complexity index is 284. The molecule has 78 valence electrons. The molecule has 0 aromatic heterocycles. The maximum Gasteiger partial charge on any atom is 0.0921 e. The van der Waals surface area contributed by atoms with Gasteiger partial charge in [-0.15, -0.1) is 0 Å². The van der Waals surface area contributed by atoms with Crippen LogP contribution in [0, 0.1) is 0 Å². The van der Waals surface area contributed by atoms with Crippen molar-refractivity contribution in [2.75, 3.05) is 13.7 Å². The molecule has 0 radical (unpaired) electrons. The van der Waals surface area contributed by atoms with E-state index in [2.05, 4.69) is 0 Å².